The molecule has 2 N–H and O–H groups in total. The molecule has 13 nitrogen and oxygen atoms in total. The van der Waals surface area contributed by atoms with Crippen LogP contribution in [0.2, 0.25) is 0 Å². The van der Waals surface area contributed by atoms with Crippen molar-refractivity contribution in [1.82, 2.24) is 10.2 Å². The first-order chi connectivity index (χ1) is 19.5. The number of esters is 3. The van der Waals surface area contributed by atoms with Crippen LogP contribution in [0.4, 0.5) is 0 Å². The summed E-state index contributed by atoms with van der Waals surface area (Å²) in [6.07, 6.45) is 0.0251. The van der Waals surface area contributed by atoms with Crippen LogP contribution in [-0.4, -0.2) is 106 Å². The zero-order valence-corrected chi connectivity index (χ0v) is 23.6. The van der Waals surface area contributed by atoms with Gasteiger partial charge in [-0.1, -0.05) is 6.07 Å². The summed E-state index contributed by atoms with van der Waals surface area (Å²) in [6, 6.07) is 7.23. The molecule has 2 aromatic rings. The number of amides is 2. The molecule has 0 bridgehead atoms. The van der Waals surface area contributed by atoms with Crippen molar-refractivity contribution in [2.75, 3.05) is 19.5 Å². The van der Waals surface area contributed by atoms with Gasteiger partial charge >= 0.3 is 53.4 Å². The zero-order chi connectivity index (χ0) is 29.9. The van der Waals surface area contributed by atoms with Gasteiger partial charge in [0.05, 0.1) is 12.0 Å². The third-order valence-electron chi connectivity index (χ3n) is 5.94. The van der Waals surface area contributed by atoms with Gasteiger partial charge in [0.2, 0.25) is 5.91 Å². The predicted molar refractivity (Wildman–Crippen MR) is 150 cm³/mol. The molecule has 1 aromatic carbocycles. The number of thioether (sulfide) groups is 1. The molecule has 42 heavy (non-hydrogen) atoms. The van der Waals surface area contributed by atoms with Gasteiger partial charge in [-0.05, 0) is 29.6 Å². The number of thiophene rings is 1. The van der Waals surface area contributed by atoms with Crippen LogP contribution in [0.5, 0.6) is 11.5 Å². The van der Waals surface area contributed by atoms with Gasteiger partial charge < -0.3 is 29.4 Å². The molecule has 2 amide bonds. The summed E-state index contributed by atoms with van der Waals surface area (Å²) in [5, 5.41) is 13.5. The summed E-state index contributed by atoms with van der Waals surface area (Å²) in [7, 11) is 1.25. The second-order valence-corrected chi connectivity index (χ2v) is 10.9. The van der Waals surface area contributed by atoms with E-state index in [1.54, 1.807) is 12.1 Å². The summed E-state index contributed by atoms with van der Waals surface area (Å²) in [4.78, 5) is 75.4. The van der Waals surface area contributed by atoms with E-state index in [4.69, 9.17) is 18.9 Å². The number of carboxylic acids is 1. The van der Waals surface area contributed by atoms with Crippen molar-refractivity contribution in [3.63, 3.8) is 0 Å². The van der Waals surface area contributed by atoms with Crippen molar-refractivity contribution < 1.29 is 52.8 Å². The molecule has 4 rings (SSSR count). The molecular formula is C26H25N2NaO11S2. The molecule has 1 aromatic heterocycles. The third-order valence-corrected chi connectivity index (χ3v) is 8.19. The maximum absolute atomic E-state index is 13.2. The van der Waals surface area contributed by atoms with Crippen molar-refractivity contribution in [2.45, 2.75) is 31.4 Å². The maximum atomic E-state index is 13.2. The van der Waals surface area contributed by atoms with E-state index in [9.17, 15) is 33.9 Å². The quantitative estimate of drug-likeness (QED) is 0.126. The van der Waals surface area contributed by atoms with Crippen LogP contribution in [0.25, 0.3) is 0 Å². The Morgan fingerprint density at radius 3 is 2.38 bits per heavy atom. The first kappa shape index (κ1) is 33.3. The number of hydrogen-bond acceptors (Lipinski definition) is 12. The van der Waals surface area contributed by atoms with Crippen LogP contribution in [0.1, 0.15) is 29.1 Å². The molecule has 1 saturated heterocycles. The Hall–Kier alpha value is -3.21. The number of hydrogen-bond donors (Lipinski definition) is 2. The molecule has 1 fully saturated rings. The Morgan fingerprint density at radius 1 is 1.10 bits per heavy atom. The van der Waals surface area contributed by atoms with Gasteiger partial charge in [0.25, 0.3) is 11.6 Å². The number of aliphatic carboxylic acids is 1. The van der Waals surface area contributed by atoms with E-state index in [1.165, 1.54) is 30.6 Å². The predicted octanol–water partition coefficient (Wildman–Crippen LogP) is 1.06. The molecule has 16 heteroatoms. The summed E-state index contributed by atoms with van der Waals surface area (Å²) in [6.45, 7) is 1.81. The molecule has 2 aliphatic heterocycles. The Bertz CT molecular complexity index is 1460. The summed E-state index contributed by atoms with van der Waals surface area (Å²) >= 11 is 2.52. The van der Waals surface area contributed by atoms with E-state index in [0.29, 0.717) is 0 Å². The average molecular weight is 629 g/mol. The average Bonchev–Trinajstić information content (AvgIpc) is 3.42. The van der Waals surface area contributed by atoms with Gasteiger partial charge in [-0.2, -0.15) is 0 Å². The molecule has 218 valence electrons. The molecule has 0 spiro atoms. The minimum atomic E-state index is -1.75. The number of carbonyl (C=O) groups is 6. The number of methoxy groups -OCH3 is 1. The number of ether oxygens (including phenoxy) is 4. The number of rotatable bonds is 10. The Morgan fingerprint density at radius 2 is 1.79 bits per heavy atom. The van der Waals surface area contributed by atoms with Crippen LogP contribution in [0.15, 0.2) is 47.0 Å². The number of carbonyl (C=O) groups excluding carboxylic acids is 5. The van der Waals surface area contributed by atoms with Crippen molar-refractivity contribution in [3.8, 4) is 11.5 Å². The summed E-state index contributed by atoms with van der Waals surface area (Å²) < 4.78 is 20.7. The monoisotopic (exact) mass is 628 g/mol. The Kier molecular flexibility index (Phi) is 11.0. The van der Waals surface area contributed by atoms with Gasteiger partial charge in [0.1, 0.15) is 17.7 Å². The van der Waals surface area contributed by atoms with Crippen LogP contribution in [0.3, 0.4) is 0 Å². The minimum absolute atomic E-state index is 0. The summed E-state index contributed by atoms with van der Waals surface area (Å²) in [5.41, 5.74) is -2.05. The van der Waals surface area contributed by atoms with Crippen LogP contribution < -0.4 is 14.8 Å². The number of β-lactam (4-membered cyclic amide) rings is 1. The number of nitrogens with zero attached hydrogens (tertiary/aromatic N) is 1. The number of benzene rings is 1. The van der Waals surface area contributed by atoms with E-state index < -0.39 is 53.4 Å². The van der Waals surface area contributed by atoms with Gasteiger partial charge in [0, 0.05) is 37.2 Å². The second-order valence-electron chi connectivity index (χ2n) is 8.76. The fourth-order valence-corrected chi connectivity index (χ4v) is 6.35. The second kappa shape index (κ2) is 13.8. The van der Waals surface area contributed by atoms with Crippen LogP contribution in [-0.2, 0) is 39.9 Å². The fraction of sp³-hybridized carbons (Fsp3) is 0.308. The molecule has 0 saturated carbocycles. The Balaban J connectivity index is 0.00000484. The number of carboxylic acid groups (broad SMARTS) is 1. The van der Waals surface area contributed by atoms with Gasteiger partial charge in [-0.15, -0.1) is 23.1 Å². The van der Waals surface area contributed by atoms with Gasteiger partial charge in [-0.3, -0.25) is 24.1 Å². The van der Waals surface area contributed by atoms with E-state index in [1.807, 2.05) is 5.38 Å². The normalized spacial score (nSPS) is 19.1. The molecule has 1 unspecified atom stereocenters. The Labute approximate surface area is 269 Å². The van der Waals surface area contributed by atoms with E-state index >= 15 is 0 Å². The van der Waals surface area contributed by atoms with Crippen LogP contribution >= 0.6 is 23.1 Å². The van der Waals surface area contributed by atoms with Crippen LogP contribution in [0, 0.1) is 0 Å². The SMILES string of the molecule is COC1(NC(=O)Cc2cccs2)C(=O)N2C(C(=O)O)=C(COC(=O)c3ccc(OC(C)=O)c(OC(C)=O)c3)CS[C@@H]21.[NaH]. The topological polar surface area (TPSA) is 175 Å². The zero-order valence-electron chi connectivity index (χ0n) is 22.0. The summed E-state index contributed by atoms with van der Waals surface area (Å²) in [5.74, 6) is -5.16. The fourth-order valence-electron chi connectivity index (χ4n) is 4.22. The molecule has 2 atom stereocenters. The van der Waals surface area contributed by atoms with E-state index in [2.05, 4.69) is 5.32 Å². The molecule has 3 heterocycles. The molecule has 0 radical (unpaired) electrons. The van der Waals surface area contributed by atoms with Crippen molar-refractivity contribution in [3.05, 3.63) is 57.4 Å². The number of nitrogens with one attached hydrogen (secondary N) is 1. The van der Waals surface area contributed by atoms with E-state index in [0.717, 1.165) is 41.5 Å². The van der Waals surface area contributed by atoms with Crippen molar-refractivity contribution >= 4 is 88.3 Å². The first-order valence-corrected chi connectivity index (χ1v) is 13.9. The molecule has 0 aliphatic carbocycles. The van der Waals surface area contributed by atoms with Crippen molar-refractivity contribution in [2.24, 2.45) is 0 Å². The molecular weight excluding hydrogens is 603 g/mol. The van der Waals surface area contributed by atoms with Gasteiger partial charge in [-0.25, -0.2) is 9.59 Å². The van der Waals surface area contributed by atoms with E-state index in [-0.39, 0.29) is 70.1 Å². The third kappa shape index (κ3) is 6.88. The van der Waals surface area contributed by atoms with Crippen molar-refractivity contribution in [1.29, 1.82) is 0 Å². The van der Waals surface area contributed by atoms with Gasteiger partial charge in [0.15, 0.2) is 11.5 Å². The molecule has 2 aliphatic rings. The standard InChI is InChI=1S/C26H24N2O11S2.Na.H/c1-13(29)38-18-7-6-15(9-19(18)39-14(2)30)23(34)37-11-16-12-41-25-26(36-3,24(35)28(25)21(16)22(32)33)27-20(31)10-17-5-4-8-40-17;;/h4-9,25H,10-12H2,1-3H3,(H,27,31)(H,32,33);;/t25-,26?;;/m1../s1. The number of fused-ring (bicyclic) bond motifs is 1. The first-order valence-electron chi connectivity index (χ1n) is 11.9.